The van der Waals surface area contributed by atoms with E-state index in [0.717, 1.165) is 19.3 Å². The van der Waals surface area contributed by atoms with Gasteiger partial charge >= 0.3 is 0 Å². The molecular formula is C27H39N9O6. The van der Waals surface area contributed by atoms with Gasteiger partial charge in [0.2, 0.25) is 17.7 Å². The number of hydrogen-bond acceptors (Lipinski definition) is 12. The summed E-state index contributed by atoms with van der Waals surface area (Å²) in [5.41, 5.74) is 17.0. The second-order valence-electron chi connectivity index (χ2n) is 10.1. The molecule has 4 rings (SSSR count). The van der Waals surface area contributed by atoms with Gasteiger partial charge in [0.05, 0.1) is 0 Å². The van der Waals surface area contributed by atoms with Crippen LogP contribution >= 0.6 is 0 Å². The number of fused-ring (bicyclic) bond motifs is 6. The molecule has 0 radical (unpaired) electrons. The fourth-order valence-electron chi connectivity index (χ4n) is 4.60. The van der Waals surface area contributed by atoms with Crippen molar-refractivity contribution in [3.05, 3.63) is 53.5 Å². The molecule has 6 bridgehead atoms. The molecule has 1 aliphatic rings. The summed E-state index contributed by atoms with van der Waals surface area (Å²) in [7, 11) is 0. The molecule has 3 aromatic heterocycles. The van der Waals surface area contributed by atoms with Crippen molar-refractivity contribution >= 4 is 17.7 Å². The molecular weight excluding hydrogens is 546 g/mol. The van der Waals surface area contributed by atoms with E-state index in [1.165, 1.54) is 18.8 Å². The van der Waals surface area contributed by atoms with Crippen LogP contribution in [0.4, 0.5) is 0 Å². The minimum absolute atomic E-state index is 0.0154. The predicted octanol–water partition coefficient (Wildman–Crippen LogP) is 1.76. The molecule has 0 saturated heterocycles. The zero-order chi connectivity index (χ0) is 29.9. The van der Waals surface area contributed by atoms with E-state index >= 15 is 0 Å². The molecule has 0 unspecified atom stereocenters. The van der Waals surface area contributed by atoms with Gasteiger partial charge < -0.3 is 46.4 Å². The fourth-order valence-corrected chi connectivity index (χ4v) is 4.60. The van der Waals surface area contributed by atoms with Gasteiger partial charge in [0.15, 0.2) is 17.1 Å². The number of nitrogens with one attached hydrogen (secondary N) is 3. The highest BCUT2D eigenvalue weighted by Crippen LogP contribution is 2.25. The Labute approximate surface area is 242 Å². The molecule has 42 heavy (non-hydrogen) atoms. The summed E-state index contributed by atoms with van der Waals surface area (Å²) in [4.78, 5) is 52.7. The Morgan fingerprint density at radius 2 is 0.810 bits per heavy atom. The lowest BCUT2D eigenvalue weighted by Gasteiger charge is -2.16. The summed E-state index contributed by atoms with van der Waals surface area (Å²) in [6.07, 6.45) is 9.30. The van der Waals surface area contributed by atoms with Crippen LogP contribution in [0.15, 0.2) is 32.0 Å². The van der Waals surface area contributed by atoms with Crippen molar-refractivity contribution < 1.29 is 27.6 Å². The average Bonchev–Trinajstić information content (AvgIpc) is 3.77. The number of rotatable bonds is 12. The monoisotopic (exact) mass is 585 g/mol. The highest BCUT2D eigenvalue weighted by molar-refractivity contribution is 5.94. The van der Waals surface area contributed by atoms with Gasteiger partial charge in [-0.25, -0.2) is 15.0 Å². The van der Waals surface area contributed by atoms with E-state index in [2.05, 4.69) is 30.9 Å². The Balaban J connectivity index is 1.70. The summed E-state index contributed by atoms with van der Waals surface area (Å²) in [5, 5.41) is 8.62. The van der Waals surface area contributed by atoms with Crippen molar-refractivity contribution in [2.75, 3.05) is 19.6 Å². The number of carbonyl (C=O) groups is 3. The van der Waals surface area contributed by atoms with Crippen LogP contribution in [-0.4, -0.2) is 52.3 Å². The Morgan fingerprint density at radius 3 is 1.07 bits per heavy atom. The van der Waals surface area contributed by atoms with Crippen molar-refractivity contribution in [2.45, 2.75) is 75.9 Å². The third kappa shape index (κ3) is 8.02. The lowest BCUT2D eigenvalue weighted by Crippen LogP contribution is -2.32. The summed E-state index contributed by atoms with van der Waals surface area (Å²) >= 11 is 0. The van der Waals surface area contributed by atoms with Gasteiger partial charge in [-0.1, -0.05) is 0 Å². The van der Waals surface area contributed by atoms with Gasteiger partial charge in [0.1, 0.15) is 36.9 Å². The SMILES string of the molecule is NCCCC[C@@H]1NC(=O)c2coc(n2)[C@H](CCCCN)NC(=O)c2coc(n2)[C@H](CCCCN)NC(=O)c2coc1n2. The molecule has 0 aromatic carbocycles. The van der Waals surface area contributed by atoms with Crippen LogP contribution in [0.1, 0.15) is 125 Å². The predicted molar refractivity (Wildman–Crippen MR) is 149 cm³/mol. The fraction of sp³-hybridized carbons (Fsp3) is 0.556. The minimum Gasteiger partial charge on any atom is -0.446 e. The lowest BCUT2D eigenvalue weighted by molar-refractivity contribution is 0.0916. The quantitative estimate of drug-likeness (QED) is 0.167. The number of nitrogens with two attached hydrogens (primary N) is 3. The largest absolute Gasteiger partial charge is 0.446 e. The van der Waals surface area contributed by atoms with Crippen molar-refractivity contribution in [3.8, 4) is 0 Å². The molecule has 4 heterocycles. The maximum atomic E-state index is 13.2. The van der Waals surface area contributed by atoms with Crippen LogP contribution < -0.4 is 33.2 Å². The van der Waals surface area contributed by atoms with Crippen molar-refractivity contribution in [2.24, 2.45) is 17.2 Å². The first-order valence-electron chi connectivity index (χ1n) is 14.3. The van der Waals surface area contributed by atoms with E-state index in [1.807, 2.05) is 0 Å². The van der Waals surface area contributed by atoms with Gasteiger partial charge in [0.25, 0.3) is 17.7 Å². The van der Waals surface area contributed by atoms with Crippen LogP contribution in [0.25, 0.3) is 0 Å². The number of oxazole rings is 3. The normalized spacial score (nSPS) is 19.5. The van der Waals surface area contributed by atoms with Crippen LogP contribution in [-0.2, 0) is 0 Å². The second-order valence-corrected chi connectivity index (χ2v) is 10.1. The maximum absolute atomic E-state index is 13.2. The topological polar surface area (TPSA) is 243 Å². The van der Waals surface area contributed by atoms with E-state index in [9.17, 15) is 14.4 Å². The molecule has 1 aliphatic heterocycles. The lowest BCUT2D eigenvalue weighted by atomic mass is 10.1. The van der Waals surface area contributed by atoms with Crippen molar-refractivity contribution in [1.29, 1.82) is 0 Å². The third-order valence-electron chi connectivity index (χ3n) is 6.91. The molecule has 3 atom stereocenters. The Hall–Kier alpha value is -4.08. The standard InChI is InChI=1S/C27H39N9O6/c28-10-4-1-7-16-25-34-20(13-40-25)23(38)32-18(9-3-6-12-30)27-36-21(15-42-27)24(39)33-17(8-2-5-11-29)26-35-19(14-41-26)22(37)31-16/h13-18H,1-12,28-30H2,(H,31,37)(H,32,38)(H,33,39)/t16-,17-,18-/m0/s1. The highest BCUT2D eigenvalue weighted by atomic mass is 16.4. The second kappa shape index (κ2) is 15.2. The molecule has 15 heteroatoms. The summed E-state index contributed by atoms with van der Waals surface area (Å²) in [6, 6.07) is -1.96. The minimum atomic E-state index is -0.653. The van der Waals surface area contributed by atoms with Gasteiger partial charge in [-0.05, 0) is 77.4 Å². The van der Waals surface area contributed by atoms with E-state index < -0.39 is 35.8 Å². The highest BCUT2D eigenvalue weighted by Gasteiger charge is 2.29. The maximum Gasteiger partial charge on any atom is 0.273 e. The number of aromatic nitrogens is 3. The molecule has 0 saturated carbocycles. The number of carbonyl (C=O) groups excluding carboxylic acids is 3. The van der Waals surface area contributed by atoms with Crippen molar-refractivity contribution in [3.63, 3.8) is 0 Å². The Bertz CT molecular complexity index is 1160. The molecule has 15 nitrogen and oxygen atoms in total. The first kappa shape index (κ1) is 30.9. The molecule has 0 aliphatic carbocycles. The molecule has 0 spiro atoms. The molecule has 0 fully saturated rings. The van der Waals surface area contributed by atoms with E-state index in [-0.39, 0.29) is 34.8 Å². The van der Waals surface area contributed by atoms with Crippen LogP contribution in [0.2, 0.25) is 0 Å². The van der Waals surface area contributed by atoms with Gasteiger partial charge in [-0.15, -0.1) is 0 Å². The summed E-state index contributed by atoms with van der Waals surface area (Å²) in [6.45, 7) is 1.45. The molecule has 228 valence electrons. The Kier molecular flexibility index (Phi) is 11.2. The summed E-state index contributed by atoms with van der Waals surface area (Å²) < 4.78 is 16.9. The van der Waals surface area contributed by atoms with E-state index in [0.29, 0.717) is 58.2 Å². The number of unbranched alkanes of at least 4 members (excludes halogenated alkanes) is 3. The van der Waals surface area contributed by atoms with E-state index in [1.54, 1.807) is 0 Å². The summed E-state index contributed by atoms with van der Waals surface area (Å²) in [5.74, 6) is -1.08. The number of amides is 3. The van der Waals surface area contributed by atoms with Crippen molar-refractivity contribution in [1.82, 2.24) is 30.9 Å². The smallest absolute Gasteiger partial charge is 0.273 e. The van der Waals surface area contributed by atoms with Crippen LogP contribution in [0.3, 0.4) is 0 Å². The van der Waals surface area contributed by atoms with Gasteiger partial charge in [0, 0.05) is 0 Å². The molecule has 3 amide bonds. The van der Waals surface area contributed by atoms with E-state index in [4.69, 9.17) is 30.5 Å². The zero-order valence-corrected chi connectivity index (χ0v) is 23.5. The van der Waals surface area contributed by atoms with Gasteiger partial charge in [-0.2, -0.15) is 0 Å². The first-order chi connectivity index (χ1) is 20.4. The van der Waals surface area contributed by atoms with Crippen LogP contribution in [0.5, 0.6) is 0 Å². The Morgan fingerprint density at radius 1 is 0.524 bits per heavy atom. The van der Waals surface area contributed by atoms with Gasteiger partial charge in [-0.3, -0.25) is 14.4 Å². The molecule has 3 aromatic rings. The number of hydrogen-bond donors (Lipinski definition) is 6. The van der Waals surface area contributed by atoms with Crippen LogP contribution in [0, 0.1) is 0 Å². The molecule has 9 N–H and O–H groups in total. The third-order valence-corrected chi connectivity index (χ3v) is 6.91. The average molecular weight is 586 g/mol. The first-order valence-corrected chi connectivity index (χ1v) is 14.3. The zero-order valence-electron chi connectivity index (χ0n) is 23.5. The number of nitrogens with zero attached hydrogens (tertiary/aromatic N) is 3.